The maximum atomic E-state index is 14.0. The molecule has 0 radical (unpaired) electrons. The highest BCUT2D eigenvalue weighted by atomic mass is 19.1. The van der Waals surface area contributed by atoms with E-state index in [1.165, 1.54) is 0 Å². The highest BCUT2D eigenvalue weighted by Gasteiger charge is 2.27. The topological polar surface area (TPSA) is 12.0 Å². The van der Waals surface area contributed by atoms with Crippen LogP contribution < -0.4 is 5.32 Å². The fourth-order valence-corrected chi connectivity index (χ4v) is 2.76. The smallest absolute Gasteiger partial charge is 0.133 e. The van der Waals surface area contributed by atoms with Crippen molar-refractivity contribution in [1.82, 2.24) is 5.32 Å². The first-order valence-corrected chi connectivity index (χ1v) is 6.95. The van der Waals surface area contributed by atoms with Gasteiger partial charge in [-0.2, -0.15) is 0 Å². The fraction of sp³-hybridized carbons (Fsp3) is 0.294. The SMILES string of the molecule is CCC(c1ccccc1)C(NC)c1c(F)cc(F)cc1F. The first kappa shape index (κ1) is 15.6. The molecule has 2 aromatic carbocycles. The van der Waals surface area contributed by atoms with Gasteiger partial charge in [0.1, 0.15) is 17.5 Å². The number of rotatable bonds is 5. The lowest BCUT2D eigenvalue weighted by atomic mass is 9.84. The Bertz CT molecular complexity index is 575. The van der Waals surface area contributed by atoms with Gasteiger partial charge >= 0.3 is 0 Å². The molecule has 0 spiro atoms. The van der Waals surface area contributed by atoms with Crippen LogP contribution in [0.25, 0.3) is 0 Å². The van der Waals surface area contributed by atoms with Crippen LogP contribution in [-0.4, -0.2) is 7.05 Å². The predicted molar refractivity (Wildman–Crippen MR) is 77.6 cm³/mol. The van der Waals surface area contributed by atoms with Gasteiger partial charge in [-0.3, -0.25) is 0 Å². The summed E-state index contributed by atoms with van der Waals surface area (Å²) in [7, 11) is 1.65. The van der Waals surface area contributed by atoms with Crippen LogP contribution >= 0.6 is 0 Å². The molecule has 0 aliphatic carbocycles. The van der Waals surface area contributed by atoms with Crippen LogP contribution in [0.5, 0.6) is 0 Å². The molecule has 1 nitrogen and oxygen atoms in total. The van der Waals surface area contributed by atoms with Crippen molar-refractivity contribution in [2.45, 2.75) is 25.3 Å². The van der Waals surface area contributed by atoms with Crippen molar-refractivity contribution in [1.29, 1.82) is 0 Å². The van der Waals surface area contributed by atoms with Gasteiger partial charge in [0.05, 0.1) is 0 Å². The van der Waals surface area contributed by atoms with Crippen molar-refractivity contribution in [2.24, 2.45) is 0 Å². The quantitative estimate of drug-likeness (QED) is 0.852. The molecule has 21 heavy (non-hydrogen) atoms. The minimum Gasteiger partial charge on any atom is -0.312 e. The second-order valence-electron chi connectivity index (χ2n) is 4.97. The maximum absolute atomic E-state index is 14.0. The van der Waals surface area contributed by atoms with Gasteiger partial charge in [0.25, 0.3) is 0 Å². The van der Waals surface area contributed by atoms with Gasteiger partial charge in [0.15, 0.2) is 0 Å². The first-order valence-electron chi connectivity index (χ1n) is 6.95. The summed E-state index contributed by atoms with van der Waals surface area (Å²) in [6.07, 6.45) is 0.700. The van der Waals surface area contributed by atoms with Gasteiger partial charge in [0.2, 0.25) is 0 Å². The Morgan fingerprint density at radius 1 is 1.00 bits per heavy atom. The average Bonchev–Trinajstić information content (AvgIpc) is 2.46. The molecule has 0 bridgehead atoms. The third-order valence-electron chi connectivity index (χ3n) is 3.74. The normalized spacial score (nSPS) is 14.0. The minimum absolute atomic E-state index is 0.106. The van der Waals surface area contributed by atoms with E-state index in [1.54, 1.807) is 7.05 Å². The van der Waals surface area contributed by atoms with E-state index in [0.717, 1.165) is 17.7 Å². The lowest BCUT2D eigenvalue weighted by molar-refractivity contribution is 0.419. The van der Waals surface area contributed by atoms with Crippen LogP contribution in [0.2, 0.25) is 0 Å². The highest BCUT2D eigenvalue weighted by molar-refractivity contribution is 5.30. The Morgan fingerprint density at radius 3 is 2.05 bits per heavy atom. The van der Waals surface area contributed by atoms with Crippen molar-refractivity contribution in [3.63, 3.8) is 0 Å². The Kier molecular flexibility index (Phi) is 5.02. The zero-order valence-electron chi connectivity index (χ0n) is 12.0. The van der Waals surface area contributed by atoms with Crippen LogP contribution in [0.3, 0.4) is 0 Å². The molecule has 4 heteroatoms. The van der Waals surface area contributed by atoms with E-state index in [2.05, 4.69) is 5.32 Å². The average molecular weight is 293 g/mol. The van der Waals surface area contributed by atoms with E-state index in [4.69, 9.17) is 0 Å². The second kappa shape index (κ2) is 6.76. The molecule has 0 aromatic heterocycles. The Morgan fingerprint density at radius 2 is 1.57 bits per heavy atom. The highest BCUT2D eigenvalue weighted by Crippen LogP contribution is 2.36. The summed E-state index contributed by atoms with van der Waals surface area (Å²) in [5, 5.41) is 2.97. The number of benzene rings is 2. The van der Waals surface area contributed by atoms with Crippen molar-refractivity contribution in [3.8, 4) is 0 Å². The summed E-state index contributed by atoms with van der Waals surface area (Å²) in [4.78, 5) is 0. The summed E-state index contributed by atoms with van der Waals surface area (Å²) in [6, 6.07) is 10.4. The molecule has 112 valence electrons. The summed E-state index contributed by atoms with van der Waals surface area (Å²) >= 11 is 0. The number of likely N-dealkylation sites (N-methyl/N-ethyl adjacent to an activating group) is 1. The Hall–Kier alpha value is -1.81. The molecule has 2 rings (SSSR count). The monoisotopic (exact) mass is 293 g/mol. The molecule has 0 fully saturated rings. The predicted octanol–water partition coefficient (Wildman–Crippen LogP) is 4.56. The summed E-state index contributed by atoms with van der Waals surface area (Å²) < 4.78 is 41.2. The first-order chi connectivity index (χ1) is 10.1. The lowest BCUT2D eigenvalue weighted by Crippen LogP contribution is -2.26. The van der Waals surface area contributed by atoms with Crippen LogP contribution in [-0.2, 0) is 0 Å². The Balaban J connectivity index is 2.48. The molecular formula is C17H18F3N. The number of hydrogen-bond donors (Lipinski definition) is 1. The molecule has 0 saturated carbocycles. The summed E-state index contributed by atoms with van der Waals surface area (Å²) in [6.45, 7) is 1.96. The molecular weight excluding hydrogens is 275 g/mol. The number of halogens is 3. The second-order valence-corrected chi connectivity index (χ2v) is 4.97. The Labute approximate surface area is 122 Å². The van der Waals surface area contributed by atoms with Gasteiger partial charge in [-0.05, 0) is 19.0 Å². The minimum atomic E-state index is -0.906. The molecule has 0 aliphatic rings. The van der Waals surface area contributed by atoms with Crippen molar-refractivity contribution < 1.29 is 13.2 Å². The molecule has 0 aliphatic heterocycles. The molecule has 2 atom stereocenters. The summed E-state index contributed by atoms with van der Waals surface area (Å²) in [5.74, 6) is -2.73. The molecule has 1 N–H and O–H groups in total. The van der Waals surface area contributed by atoms with E-state index < -0.39 is 23.5 Å². The maximum Gasteiger partial charge on any atom is 0.133 e. The van der Waals surface area contributed by atoms with Gasteiger partial charge in [-0.15, -0.1) is 0 Å². The van der Waals surface area contributed by atoms with E-state index in [1.807, 2.05) is 37.3 Å². The van der Waals surface area contributed by atoms with Crippen LogP contribution in [0, 0.1) is 17.5 Å². The zero-order valence-corrected chi connectivity index (χ0v) is 12.0. The van der Waals surface area contributed by atoms with Crippen LogP contribution in [0.1, 0.15) is 36.4 Å². The molecule has 0 saturated heterocycles. The third-order valence-corrected chi connectivity index (χ3v) is 3.74. The molecule has 2 aromatic rings. The van der Waals surface area contributed by atoms with Crippen LogP contribution in [0.4, 0.5) is 13.2 Å². The zero-order chi connectivity index (χ0) is 15.4. The lowest BCUT2D eigenvalue weighted by Gasteiger charge is -2.27. The third kappa shape index (κ3) is 3.27. The van der Waals surface area contributed by atoms with Crippen molar-refractivity contribution in [3.05, 3.63) is 71.0 Å². The van der Waals surface area contributed by atoms with E-state index >= 15 is 0 Å². The van der Waals surface area contributed by atoms with Gasteiger partial charge in [0, 0.05) is 29.7 Å². The van der Waals surface area contributed by atoms with E-state index in [0.29, 0.717) is 6.42 Å². The van der Waals surface area contributed by atoms with Gasteiger partial charge < -0.3 is 5.32 Å². The standard InChI is InChI=1S/C17H18F3N/c1-3-13(11-7-5-4-6-8-11)17(21-2)16-14(19)9-12(18)10-15(16)20/h4-10,13,17,21H,3H2,1-2H3. The summed E-state index contributed by atoms with van der Waals surface area (Å²) in [5.41, 5.74) is 0.872. The van der Waals surface area contributed by atoms with Crippen LogP contribution in [0.15, 0.2) is 42.5 Å². The van der Waals surface area contributed by atoms with E-state index in [-0.39, 0.29) is 11.5 Å². The van der Waals surface area contributed by atoms with Crippen molar-refractivity contribution >= 4 is 0 Å². The molecule has 0 heterocycles. The van der Waals surface area contributed by atoms with Gasteiger partial charge in [-0.25, -0.2) is 13.2 Å². The molecule has 0 amide bonds. The van der Waals surface area contributed by atoms with Gasteiger partial charge in [-0.1, -0.05) is 37.3 Å². The fourth-order valence-electron chi connectivity index (χ4n) is 2.76. The largest absolute Gasteiger partial charge is 0.312 e. The number of nitrogens with one attached hydrogen (secondary N) is 1. The van der Waals surface area contributed by atoms with Crippen molar-refractivity contribution in [2.75, 3.05) is 7.05 Å². The van der Waals surface area contributed by atoms with E-state index in [9.17, 15) is 13.2 Å². The number of hydrogen-bond acceptors (Lipinski definition) is 1. The molecule has 2 unspecified atom stereocenters.